The van der Waals surface area contributed by atoms with Gasteiger partial charge in [-0.3, -0.25) is 4.68 Å². The fourth-order valence-corrected chi connectivity index (χ4v) is 7.19. The molecule has 0 spiro atoms. The number of nitriles is 1. The summed E-state index contributed by atoms with van der Waals surface area (Å²) in [5.41, 5.74) is 9.92. The quantitative estimate of drug-likeness (QED) is 0.558. The van der Waals surface area contributed by atoms with Gasteiger partial charge >= 0.3 is 0 Å². The van der Waals surface area contributed by atoms with Gasteiger partial charge in [-0.2, -0.15) is 10.4 Å². The van der Waals surface area contributed by atoms with Crippen molar-refractivity contribution in [2.45, 2.75) is 42.9 Å². The van der Waals surface area contributed by atoms with Crippen molar-refractivity contribution in [2.24, 2.45) is 11.4 Å². The Morgan fingerprint density at radius 2 is 2.19 bits per heavy atom. The third-order valence-corrected chi connectivity index (χ3v) is 8.94. The first-order valence-electron chi connectivity index (χ1n) is 10.4. The molecule has 3 aromatic rings. The zero-order chi connectivity index (χ0) is 22.6. The summed E-state index contributed by atoms with van der Waals surface area (Å²) in [5, 5.41) is 14.1. The van der Waals surface area contributed by atoms with Gasteiger partial charge in [0, 0.05) is 25.6 Å². The van der Waals surface area contributed by atoms with Crippen LogP contribution in [0.1, 0.15) is 42.0 Å². The molecule has 0 fully saturated rings. The lowest BCUT2D eigenvalue weighted by Gasteiger charge is -2.23. The van der Waals surface area contributed by atoms with Gasteiger partial charge in [0.2, 0.25) is 0 Å². The van der Waals surface area contributed by atoms with Crippen molar-refractivity contribution < 1.29 is 8.95 Å². The minimum Gasteiger partial charge on any atom is -0.467 e. The van der Waals surface area contributed by atoms with Crippen LogP contribution in [0, 0.1) is 18.3 Å². The van der Waals surface area contributed by atoms with Crippen LogP contribution in [-0.2, 0) is 23.2 Å². The minimum atomic E-state index is -2.73. The summed E-state index contributed by atoms with van der Waals surface area (Å²) in [6.07, 6.45) is 2.14. The van der Waals surface area contributed by atoms with E-state index >= 15 is 0 Å². The van der Waals surface area contributed by atoms with Gasteiger partial charge in [0.15, 0.2) is 5.82 Å². The fourth-order valence-electron chi connectivity index (χ4n) is 4.47. The molecule has 2 aliphatic rings. The molecule has 0 amide bonds. The van der Waals surface area contributed by atoms with E-state index in [9.17, 15) is 9.47 Å². The van der Waals surface area contributed by atoms with Crippen molar-refractivity contribution in [3.63, 3.8) is 0 Å². The number of ether oxygens (including phenoxy) is 1. The van der Waals surface area contributed by atoms with Gasteiger partial charge in [0.25, 0.3) is 5.88 Å². The van der Waals surface area contributed by atoms with Gasteiger partial charge in [0.1, 0.15) is 17.9 Å². The van der Waals surface area contributed by atoms with Crippen LogP contribution in [0.25, 0.3) is 11.3 Å². The SMILES string of the molecule is Cc1ccc2c(c1)[C@@H](C)Oc1nc(cnc1N)-c1c(nn(C)c1C#N)C[C@@H]1CCN=S21=O. The molecule has 32 heavy (non-hydrogen) atoms. The number of nitrogens with two attached hydrogens (primary N) is 1. The van der Waals surface area contributed by atoms with Crippen molar-refractivity contribution >= 4 is 15.5 Å². The first-order chi connectivity index (χ1) is 15.3. The highest BCUT2D eigenvalue weighted by Gasteiger charge is 2.36. The molecule has 4 heterocycles. The van der Waals surface area contributed by atoms with Crippen LogP contribution in [0.4, 0.5) is 5.82 Å². The lowest BCUT2D eigenvalue weighted by atomic mass is 10.0. The molecule has 3 atom stereocenters. The second-order valence-corrected chi connectivity index (χ2v) is 10.7. The number of aromatic nitrogens is 4. The topological polar surface area (TPSA) is 132 Å². The number of hydrogen-bond donors (Lipinski definition) is 1. The van der Waals surface area contributed by atoms with Gasteiger partial charge in [-0.15, -0.1) is 0 Å². The Kier molecular flexibility index (Phi) is 4.67. The highest BCUT2D eigenvalue weighted by molar-refractivity contribution is 7.94. The Labute approximate surface area is 186 Å². The predicted molar refractivity (Wildman–Crippen MR) is 119 cm³/mol. The third kappa shape index (κ3) is 3.04. The molecule has 5 rings (SSSR count). The summed E-state index contributed by atoms with van der Waals surface area (Å²) in [6, 6.07) is 8.03. The fraction of sp³-hybridized carbons (Fsp3) is 0.364. The molecule has 0 saturated heterocycles. The number of fused-ring (bicyclic) bond motifs is 7. The molecule has 0 saturated carbocycles. The number of aryl methyl sites for hydroxylation is 2. The zero-order valence-electron chi connectivity index (χ0n) is 18.1. The maximum atomic E-state index is 14.3. The minimum absolute atomic E-state index is 0.142. The molecule has 10 heteroatoms. The molecule has 9 nitrogen and oxygen atoms in total. The van der Waals surface area contributed by atoms with Gasteiger partial charge in [-0.05, 0) is 26.3 Å². The summed E-state index contributed by atoms with van der Waals surface area (Å²) in [7, 11) is -1.02. The number of hydrogen-bond acceptors (Lipinski definition) is 8. The van der Waals surface area contributed by atoms with E-state index in [1.165, 1.54) is 10.9 Å². The van der Waals surface area contributed by atoms with E-state index in [4.69, 9.17) is 10.5 Å². The van der Waals surface area contributed by atoms with Crippen molar-refractivity contribution in [2.75, 3.05) is 12.3 Å². The van der Waals surface area contributed by atoms with E-state index < -0.39 is 15.8 Å². The first-order valence-corrected chi connectivity index (χ1v) is 12.0. The number of anilines is 1. The second-order valence-electron chi connectivity index (χ2n) is 8.19. The van der Waals surface area contributed by atoms with Crippen LogP contribution >= 0.6 is 0 Å². The lowest BCUT2D eigenvalue weighted by molar-refractivity contribution is 0.215. The average molecular weight is 450 g/mol. The Morgan fingerprint density at radius 1 is 1.38 bits per heavy atom. The Morgan fingerprint density at radius 3 is 2.97 bits per heavy atom. The summed E-state index contributed by atoms with van der Waals surface area (Å²) in [6.45, 7) is 4.37. The summed E-state index contributed by atoms with van der Waals surface area (Å²) in [5.74, 6) is 0.306. The Hall–Kier alpha value is -3.45. The van der Waals surface area contributed by atoms with Gasteiger partial charge in [0.05, 0.1) is 43.0 Å². The van der Waals surface area contributed by atoms with E-state index in [2.05, 4.69) is 25.5 Å². The predicted octanol–water partition coefficient (Wildman–Crippen LogP) is 2.93. The third-order valence-electron chi connectivity index (χ3n) is 6.06. The van der Waals surface area contributed by atoms with Crippen LogP contribution < -0.4 is 10.5 Å². The van der Waals surface area contributed by atoms with Crippen molar-refractivity contribution in [1.82, 2.24) is 19.7 Å². The second kappa shape index (κ2) is 7.31. The molecular formula is C22H23N7O2S. The molecular weight excluding hydrogens is 426 g/mol. The number of benzene rings is 1. The molecule has 2 aromatic heterocycles. The largest absolute Gasteiger partial charge is 0.467 e. The standard InChI is InChI=1S/C22H23N7O2S/c1-12-4-5-19-15(8-12)13(2)31-22-21(24)25-11-17(27-22)20-16(28-29(3)18(20)10-23)9-14-6-7-26-32(14,19)30/h4-5,8,11,13-14H,6-7,9H2,1-3H3,(H2,24,25)/t13-,14+,32?/m1/s1. The van der Waals surface area contributed by atoms with E-state index in [0.29, 0.717) is 46.9 Å². The maximum Gasteiger partial charge on any atom is 0.258 e. The lowest BCUT2D eigenvalue weighted by Crippen LogP contribution is -2.23. The maximum absolute atomic E-state index is 14.3. The smallest absolute Gasteiger partial charge is 0.258 e. The van der Waals surface area contributed by atoms with E-state index in [0.717, 1.165) is 11.1 Å². The molecule has 2 N–H and O–H groups in total. The van der Waals surface area contributed by atoms with Crippen LogP contribution in [0.2, 0.25) is 0 Å². The van der Waals surface area contributed by atoms with E-state index in [-0.39, 0.29) is 16.9 Å². The highest BCUT2D eigenvalue weighted by atomic mass is 32.2. The number of nitrogen functional groups attached to an aromatic ring is 1. The molecule has 0 radical (unpaired) electrons. The van der Waals surface area contributed by atoms with E-state index in [1.807, 2.05) is 32.0 Å². The van der Waals surface area contributed by atoms with Gasteiger partial charge < -0.3 is 10.5 Å². The van der Waals surface area contributed by atoms with Gasteiger partial charge in [-0.1, -0.05) is 17.7 Å². The average Bonchev–Trinajstić information content (AvgIpc) is 3.28. The normalized spacial score (nSPS) is 23.9. The summed E-state index contributed by atoms with van der Waals surface area (Å²) >= 11 is 0. The number of rotatable bonds is 0. The van der Waals surface area contributed by atoms with Crippen LogP contribution in [-0.4, -0.2) is 35.8 Å². The van der Waals surface area contributed by atoms with Crippen molar-refractivity contribution in [3.8, 4) is 23.2 Å². The summed E-state index contributed by atoms with van der Waals surface area (Å²) < 4.78 is 26.6. The van der Waals surface area contributed by atoms with Crippen molar-refractivity contribution in [1.29, 1.82) is 5.26 Å². The van der Waals surface area contributed by atoms with Crippen LogP contribution in [0.15, 0.2) is 33.7 Å². The monoisotopic (exact) mass is 449 g/mol. The first kappa shape index (κ1) is 20.5. The number of nitrogens with zero attached hydrogens (tertiary/aromatic N) is 6. The molecule has 0 aliphatic carbocycles. The van der Waals surface area contributed by atoms with Crippen LogP contribution in [0.3, 0.4) is 0 Å². The molecule has 1 aromatic carbocycles. The molecule has 164 valence electrons. The zero-order valence-corrected chi connectivity index (χ0v) is 18.9. The Balaban J connectivity index is 1.82. The Bertz CT molecular complexity index is 1410. The molecule has 2 bridgehead atoms. The summed E-state index contributed by atoms with van der Waals surface area (Å²) in [4.78, 5) is 9.56. The van der Waals surface area contributed by atoms with Crippen molar-refractivity contribution in [3.05, 3.63) is 46.9 Å². The highest BCUT2D eigenvalue weighted by Crippen LogP contribution is 2.38. The molecule has 2 aliphatic heterocycles. The molecule has 1 unspecified atom stereocenters. The van der Waals surface area contributed by atoms with E-state index in [1.54, 1.807) is 7.05 Å². The van der Waals surface area contributed by atoms with Gasteiger partial charge in [-0.25, -0.2) is 18.5 Å². The van der Waals surface area contributed by atoms with Crippen LogP contribution in [0.5, 0.6) is 5.88 Å².